The third-order valence-corrected chi connectivity index (χ3v) is 5.82. The third kappa shape index (κ3) is 11.1. The summed E-state index contributed by atoms with van der Waals surface area (Å²) in [6.45, 7) is 3.42. The number of rotatable bonds is 17. The number of carboxylic acid groups (broad SMARTS) is 1. The standard InChI is InChI=1S/C20H39N5O6S/c1-4-12(2)16(22)19(29)23-13(7-5-6-9-21)17(27)25-15(11-26)18(28)24-14(20(30)31)8-10-32-3/h12-16,26H,4-11,21-22H2,1-3H3,(H,23,29)(H,24,28)(H,25,27)(H,30,31). The number of amides is 3. The van der Waals surface area contributed by atoms with Crippen LogP contribution >= 0.6 is 11.8 Å². The van der Waals surface area contributed by atoms with Crippen molar-refractivity contribution in [3.8, 4) is 0 Å². The second kappa shape index (κ2) is 16.7. The molecule has 186 valence electrons. The molecule has 32 heavy (non-hydrogen) atoms. The lowest BCUT2D eigenvalue weighted by molar-refractivity contribution is -0.142. The zero-order valence-electron chi connectivity index (χ0n) is 19.1. The van der Waals surface area contributed by atoms with Gasteiger partial charge in [0.25, 0.3) is 0 Å². The zero-order valence-corrected chi connectivity index (χ0v) is 20.0. The number of nitrogens with two attached hydrogens (primary N) is 2. The minimum absolute atomic E-state index is 0.0899. The van der Waals surface area contributed by atoms with Crippen LogP contribution in [0, 0.1) is 5.92 Å². The van der Waals surface area contributed by atoms with Crippen molar-refractivity contribution in [1.82, 2.24) is 16.0 Å². The van der Waals surface area contributed by atoms with Gasteiger partial charge in [-0.25, -0.2) is 4.79 Å². The van der Waals surface area contributed by atoms with Gasteiger partial charge in [-0.05, 0) is 50.2 Å². The van der Waals surface area contributed by atoms with E-state index >= 15 is 0 Å². The van der Waals surface area contributed by atoms with Crippen molar-refractivity contribution in [1.29, 1.82) is 0 Å². The molecular formula is C20H39N5O6S. The molecule has 0 aliphatic rings. The summed E-state index contributed by atoms with van der Waals surface area (Å²) in [6, 6.07) is -4.28. The van der Waals surface area contributed by atoms with Gasteiger partial charge in [-0.15, -0.1) is 0 Å². The van der Waals surface area contributed by atoms with Gasteiger partial charge in [0.15, 0.2) is 0 Å². The maximum atomic E-state index is 12.8. The van der Waals surface area contributed by atoms with E-state index in [2.05, 4.69) is 16.0 Å². The lowest BCUT2D eigenvalue weighted by Gasteiger charge is -2.25. The molecule has 0 aromatic carbocycles. The molecule has 11 nitrogen and oxygen atoms in total. The second-order valence-electron chi connectivity index (χ2n) is 7.68. The summed E-state index contributed by atoms with van der Waals surface area (Å²) in [5.74, 6) is -2.76. The molecule has 0 bridgehead atoms. The summed E-state index contributed by atoms with van der Waals surface area (Å²) >= 11 is 1.43. The molecule has 5 unspecified atom stereocenters. The largest absolute Gasteiger partial charge is 0.480 e. The fourth-order valence-electron chi connectivity index (χ4n) is 2.77. The Morgan fingerprint density at radius 2 is 1.50 bits per heavy atom. The van der Waals surface area contributed by atoms with E-state index in [9.17, 15) is 29.4 Å². The molecule has 5 atom stereocenters. The first-order valence-corrected chi connectivity index (χ1v) is 12.2. The van der Waals surface area contributed by atoms with Gasteiger partial charge in [0.2, 0.25) is 17.7 Å². The van der Waals surface area contributed by atoms with E-state index < -0.39 is 54.5 Å². The second-order valence-corrected chi connectivity index (χ2v) is 8.67. The van der Waals surface area contributed by atoms with Crippen molar-refractivity contribution in [3.05, 3.63) is 0 Å². The average molecular weight is 478 g/mol. The van der Waals surface area contributed by atoms with Crippen molar-refractivity contribution in [2.75, 3.05) is 25.2 Å². The molecule has 3 amide bonds. The number of thioether (sulfide) groups is 1. The first-order chi connectivity index (χ1) is 15.1. The molecule has 0 heterocycles. The van der Waals surface area contributed by atoms with Crippen LogP contribution in [0.3, 0.4) is 0 Å². The highest BCUT2D eigenvalue weighted by molar-refractivity contribution is 7.98. The molecule has 0 rings (SSSR count). The molecule has 0 aromatic rings. The number of aliphatic hydroxyl groups excluding tert-OH is 1. The Hall–Kier alpha value is -1.89. The van der Waals surface area contributed by atoms with Crippen molar-refractivity contribution < 1.29 is 29.4 Å². The molecule has 0 saturated heterocycles. The molecule has 0 spiro atoms. The van der Waals surface area contributed by atoms with E-state index in [1.807, 2.05) is 20.1 Å². The predicted octanol–water partition coefficient (Wildman–Crippen LogP) is -1.23. The highest BCUT2D eigenvalue weighted by Crippen LogP contribution is 2.08. The number of nitrogens with one attached hydrogen (secondary N) is 3. The Kier molecular flexibility index (Phi) is 15.7. The highest BCUT2D eigenvalue weighted by Gasteiger charge is 2.30. The number of hydrogen-bond acceptors (Lipinski definition) is 8. The van der Waals surface area contributed by atoms with Gasteiger partial charge in [0.05, 0.1) is 12.6 Å². The van der Waals surface area contributed by atoms with Crippen LogP contribution in [0.25, 0.3) is 0 Å². The maximum absolute atomic E-state index is 12.8. The molecule has 0 aromatic heterocycles. The molecular weight excluding hydrogens is 438 g/mol. The Labute approximate surface area is 193 Å². The number of carbonyl (C=O) groups excluding carboxylic acids is 3. The van der Waals surface area contributed by atoms with Gasteiger partial charge >= 0.3 is 5.97 Å². The van der Waals surface area contributed by atoms with Gasteiger partial charge in [-0.1, -0.05) is 20.3 Å². The number of carbonyl (C=O) groups is 4. The van der Waals surface area contributed by atoms with E-state index in [0.717, 1.165) is 0 Å². The van der Waals surface area contributed by atoms with E-state index in [4.69, 9.17) is 11.5 Å². The van der Waals surface area contributed by atoms with E-state index in [0.29, 0.717) is 31.6 Å². The van der Waals surface area contributed by atoms with Gasteiger partial charge in [0, 0.05) is 0 Å². The Morgan fingerprint density at radius 3 is 2.00 bits per heavy atom. The summed E-state index contributed by atoms with van der Waals surface area (Å²) in [6.07, 6.45) is 4.15. The molecule has 0 aliphatic carbocycles. The minimum Gasteiger partial charge on any atom is -0.480 e. The topological polar surface area (TPSA) is 197 Å². The quantitative estimate of drug-likeness (QED) is 0.125. The number of carboxylic acids is 1. The Bertz CT molecular complexity index is 609. The van der Waals surface area contributed by atoms with Crippen molar-refractivity contribution >= 4 is 35.5 Å². The summed E-state index contributed by atoms with van der Waals surface area (Å²) in [5.41, 5.74) is 11.5. The highest BCUT2D eigenvalue weighted by atomic mass is 32.2. The van der Waals surface area contributed by atoms with Crippen molar-refractivity contribution in [2.24, 2.45) is 17.4 Å². The fraction of sp³-hybridized carbons (Fsp3) is 0.800. The number of hydrogen-bond donors (Lipinski definition) is 7. The fourth-order valence-corrected chi connectivity index (χ4v) is 3.25. The van der Waals surface area contributed by atoms with Crippen LogP contribution in [0.15, 0.2) is 0 Å². The maximum Gasteiger partial charge on any atom is 0.326 e. The van der Waals surface area contributed by atoms with Gasteiger partial charge in [-0.2, -0.15) is 11.8 Å². The first-order valence-electron chi connectivity index (χ1n) is 10.8. The van der Waals surface area contributed by atoms with Crippen LogP contribution < -0.4 is 27.4 Å². The number of unbranched alkanes of at least 4 members (excludes halogenated alkanes) is 1. The molecule has 0 saturated carbocycles. The van der Waals surface area contributed by atoms with Gasteiger partial charge < -0.3 is 37.6 Å². The van der Waals surface area contributed by atoms with E-state index in [-0.39, 0.29) is 18.8 Å². The Balaban J connectivity index is 5.23. The third-order valence-electron chi connectivity index (χ3n) is 5.18. The van der Waals surface area contributed by atoms with Crippen LogP contribution in [0.2, 0.25) is 0 Å². The van der Waals surface area contributed by atoms with Crippen LogP contribution in [-0.4, -0.2) is 83.2 Å². The molecule has 0 fully saturated rings. The summed E-state index contributed by atoms with van der Waals surface area (Å²) in [4.78, 5) is 49.1. The molecule has 0 aliphatic heterocycles. The van der Waals surface area contributed by atoms with Crippen LogP contribution in [0.5, 0.6) is 0 Å². The lowest BCUT2D eigenvalue weighted by Crippen LogP contribution is -2.58. The van der Waals surface area contributed by atoms with Crippen LogP contribution in [-0.2, 0) is 19.2 Å². The van der Waals surface area contributed by atoms with Crippen LogP contribution in [0.4, 0.5) is 0 Å². The predicted molar refractivity (Wildman–Crippen MR) is 124 cm³/mol. The molecule has 9 N–H and O–H groups in total. The zero-order chi connectivity index (χ0) is 24.7. The average Bonchev–Trinajstić information content (AvgIpc) is 2.77. The first kappa shape index (κ1) is 30.1. The minimum atomic E-state index is -1.37. The number of aliphatic hydroxyl groups is 1. The normalized spacial score (nSPS) is 15.7. The summed E-state index contributed by atoms with van der Waals surface area (Å²) < 4.78 is 0. The monoisotopic (exact) mass is 477 g/mol. The molecule has 12 heteroatoms. The van der Waals surface area contributed by atoms with Crippen molar-refractivity contribution in [2.45, 2.75) is 70.1 Å². The number of aliphatic carboxylic acids is 1. The summed E-state index contributed by atoms with van der Waals surface area (Å²) in [5, 5.41) is 26.2. The molecule has 0 radical (unpaired) electrons. The van der Waals surface area contributed by atoms with E-state index in [1.54, 1.807) is 0 Å². The van der Waals surface area contributed by atoms with Crippen molar-refractivity contribution in [3.63, 3.8) is 0 Å². The van der Waals surface area contributed by atoms with Gasteiger partial charge in [-0.3, -0.25) is 14.4 Å². The lowest BCUT2D eigenvalue weighted by atomic mass is 9.98. The van der Waals surface area contributed by atoms with Gasteiger partial charge in [0.1, 0.15) is 18.1 Å². The Morgan fingerprint density at radius 1 is 0.938 bits per heavy atom. The smallest absolute Gasteiger partial charge is 0.326 e. The SMILES string of the molecule is CCC(C)C(N)C(=O)NC(CCCCN)C(=O)NC(CO)C(=O)NC(CCSC)C(=O)O. The van der Waals surface area contributed by atoms with E-state index in [1.165, 1.54) is 11.8 Å². The summed E-state index contributed by atoms with van der Waals surface area (Å²) in [7, 11) is 0. The van der Waals surface area contributed by atoms with Crippen LogP contribution in [0.1, 0.15) is 46.0 Å².